The number of carbonyl (C=O) groups is 2. The Morgan fingerprint density at radius 1 is 1.26 bits per heavy atom. The third-order valence-corrected chi connectivity index (χ3v) is 2.35. The molecule has 8 heteroatoms. The zero-order valence-electron chi connectivity index (χ0n) is 11.6. The van der Waals surface area contributed by atoms with Crippen LogP contribution in [0, 0.1) is 0 Å². The van der Waals surface area contributed by atoms with Gasteiger partial charge in [0.2, 0.25) is 0 Å². The van der Waals surface area contributed by atoms with Crippen molar-refractivity contribution >= 4 is 12.1 Å². The standard InChI is InChI=1S/C11H20N4O4/c1-11(2,3)19-10(17)14-5-6-15(13)8(14)7(12)9(16)18-4/h5-6,12-13H2,1-4H3/b8-7-. The first-order valence-electron chi connectivity index (χ1n) is 5.78. The van der Waals surface area contributed by atoms with E-state index in [1.165, 1.54) is 17.0 Å². The van der Waals surface area contributed by atoms with Crippen molar-refractivity contribution in [2.75, 3.05) is 20.2 Å². The third-order valence-electron chi connectivity index (χ3n) is 2.35. The molecule has 19 heavy (non-hydrogen) atoms. The predicted molar refractivity (Wildman–Crippen MR) is 67.1 cm³/mol. The van der Waals surface area contributed by atoms with Crippen molar-refractivity contribution < 1.29 is 19.1 Å². The molecular weight excluding hydrogens is 252 g/mol. The van der Waals surface area contributed by atoms with E-state index in [4.69, 9.17) is 16.3 Å². The summed E-state index contributed by atoms with van der Waals surface area (Å²) in [4.78, 5) is 24.7. The van der Waals surface area contributed by atoms with E-state index in [0.717, 1.165) is 0 Å². The van der Waals surface area contributed by atoms with Crippen molar-refractivity contribution in [2.45, 2.75) is 26.4 Å². The lowest BCUT2D eigenvalue weighted by molar-refractivity contribution is -0.136. The van der Waals surface area contributed by atoms with Crippen LogP contribution in [-0.2, 0) is 14.3 Å². The van der Waals surface area contributed by atoms with E-state index in [1.54, 1.807) is 20.8 Å². The second-order valence-corrected chi connectivity index (χ2v) is 5.05. The highest BCUT2D eigenvalue weighted by Crippen LogP contribution is 2.21. The van der Waals surface area contributed by atoms with Gasteiger partial charge in [0.1, 0.15) is 5.60 Å². The first-order valence-corrected chi connectivity index (χ1v) is 5.78. The molecule has 1 amide bonds. The van der Waals surface area contributed by atoms with Gasteiger partial charge in [0.05, 0.1) is 13.7 Å². The SMILES string of the molecule is COC(=O)/C(N)=C1/N(N)CCN1C(=O)OC(C)(C)C. The van der Waals surface area contributed by atoms with Gasteiger partial charge in [-0.1, -0.05) is 0 Å². The Bertz CT molecular complexity index is 413. The van der Waals surface area contributed by atoms with E-state index in [2.05, 4.69) is 4.74 Å². The Morgan fingerprint density at radius 2 is 1.84 bits per heavy atom. The van der Waals surface area contributed by atoms with Crippen LogP contribution in [0.2, 0.25) is 0 Å². The summed E-state index contributed by atoms with van der Waals surface area (Å²) in [7, 11) is 1.20. The van der Waals surface area contributed by atoms with Gasteiger partial charge < -0.3 is 15.2 Å². The number of esters is 1. The van der Waals surface area contributed by atoms with Crippen molar-refractivity contribution in [3.63, 3.8) is 0 Å². The van der Waals surface area contributed by atoms with Crippen LogP contribution in [0.1, 0.15) is 20.8 Å². The van der Waals surface area contributed by atoms with Crippen molar-refractivity contribution in [1.82, 2.24) is 9.91 Å². The number of hydrazine groups is 1. The zero-order valence-corrected chi connectivity index (χ0v) is 11.6. The lowest BCUT2D eigenvalue weighted by atomic mass is 10.2. The molecule has 0 aromatic rings. The minimum Gasteiger partial charge on any atom is -0.464 e. The van der Waals surface area contributed by atoms with Gasteiger partial charge in [0, 0.05) is 6.54 Å². The molecule has 0 atom stereocenters. The molecule has 1 rings (SSSR count). The molecule has 0 aromatic carbocycles. The molecule has 1 heterocycles. The summed E-state index contributed by atoms with van der Waals surface area (Å²) in [5, 5.41) is 1.22. The van der Waals surface area contributed by atoms with Crippen LogP contribution >= 0.6 is 0 Å². The van der Waals surface area contributed by atoms with Crippen LogP contribution in [0.4, 0.5) is 4.79 Å². The minimum atomic E-state index is -0.749. The summed E-state index contributed by atoms with van der Waals surface area (Å²) in [5.41, 5.74) is 4.77. The van der Waals surface area contributed by atoms with Gasteiger partial charge in [-0.15, -0.1) is 0 Å². The van der Waals surface area contributed by atoms with Gasteiger partial charge >= 0.3 is 12.1 Å². The number of methoxy groups -OCH3 is 1. The fraction of sp³-hybridized carbons (Fsp3) is 0.636. The fourth-order valence-corrected chi connectivity index (χ4v) is 1.57. The van der Waals surface area contributed by atoms with E-state index in [1.807, 2.05) is 0 Å². The van der Waals surface area contributed by atoms with E-state index in [9.17, 15) is 9.59 Å². The molecule has 0 aliphatic carbocycles. The Balaban J connectivity index is 3.01. The van der Waals surface area contributed by atoms with Crippen LogP contribution in [0.25, 0.3) is 0 Å². The molecular formula is C11H20N4O4. The Morgan fingerprint density at radius 3 is 2.32 bits per heavy atom. The highest BCUT2D eigenvalue weighted by molar-refractivity contribution is 5.89. The molecule has 0 aromatic heterocycles. The zero-order chi connectivity index (χ0) is 14.8. The van der Waals surface area contributed by atoms with Crippen LogP contribution in [-0.4, -0.2) is 47.8 Å². The smallest absolute Gasteiger partial charge is 0.416 e. The fourth-order valence-electron chi connectivity index (χ4n) is 1.57. The quantitative estimate of drug-likeness (QED) is 0.383. The maximum Gasteiger partial charge on any atom is 0.416 e. The summed E-state index contributed by atoms with van der Waals surface area (Å²) < 4.78 is 9.75. The third kappa shape index (κ3) is 3.50. The highest BCUT2D eigenvalue weighted by Gasteiger charge is 2.35. The number of nitrogens with two attached hydrogens (primary N) is 2. The highest BCUT2D eigenvalue weighted by atomic mass is 16.6. The Hall–Kier alpha value is -1.96. The monoisotopic (exact) mass is 272 g/mol. The maximum atomic E-state index is 12.0. The number of ether oxygens (including phenoxy) is 2. The summed E-state index contributed by atoms with van der Waals surface area (Å²) in [6.07, 6.45) is -0.609. The summed E-state index contributed by atoms with van der Waals surface area (Å²) in [6, 6.07) is 0. The Kier molecular flexibility index (Phi) is 4.25. The molecule has 4 N–H and O–H groups in total. The summed E-state index contributed by atoms with van der Waals surface area (Å²) in [5.74, 6) is 5.05. The van der Waals surface area contributed by atoms with Crippen LogP contribution in [0.15, 0.2) is 11.5 Å². The van der Waals surface area contributed by atoms with E-state index >= 15 is 0 Å². The number of hydrogen-bond acceptors (Lipinski definition) is 7. The number of hydrogen-bond donors (Lipinski definition) is 2. The lowest BCUT2D eigenvalue weighted by Crippen LogP contribution is -2.39. The normalized spacial score (nSPS) is 18.4. The molecule has 0 radical (unpaired) electrons. The van der Waals surface area contributed by atoms with Crippen LogP contribution in [0.5, 0.6) is 0 Å². The first-order chi connectivity index (χ1) is 8.67. The molecule has 1 aliphatic rings. The maximum absolute atomic E-state index is 12.0. The minimum absolute atomic E-state index is 0.0982. The second-order valence-electron chi connectivity index (χ2n) is 5.05. The van der Waals surface area contributed by atoms with E-state index in [-0.39, 0.29) is 11.5 Å². The van der Waals surface area contributed by atoms with Gasteiger partial charge in [0.25, 0.3) is 0 Å². The average molecular weight is 272 g/mol. The van der Waals surface area contributed by atoms with Crippen LogP contribution in [0.3, 0.4) is 0 Å². The van der Waals surface area contributed by atoms with Crippen molar-refractivity contribution in [2.24, 2.45) is 11.6 Å². The molecule has 0 spiro atoms. The average Bonchev–Trinajstić information content (AvgIpc) is 2.67. The van der Waals surface area contributed by atoms with Crippen molar-refractivity contribution in [3.8, 4) is 0 Å². The van der Waals surface area contributed by atoms with Crippen LogP contribution < -0.4 is 11.6 Å². The molecule has 0 unspecified atom stereocenters. The van der Waals surface area contributed by atoms with Crippen molar-refractivity contribution in [3.05, 3.63) is 11.5 Å². The topological polar surface area (TPSA) is 111 Å². The van der Waals surface area contributed by atoms with Gasteiger partial charge in [-0.25, -0.2) is 15.4 Å². The number of amides is 1. The molecule has 0 bridgehead atoms. The van der Waals surface area contributed by atoms with Gasteiger partial charge in [-0.05, 0) is 20.8 Å². The van der Waals surface area contributed by atoms with E-state index in [0.29, 0.717) is 13.1 Å². The second kappa shape index (κ2) is 5.35. The first kappa shape index (κ1) is 15.1. The number of carbonyl (C=O) groups excluding carboxylic acids is 2. The molecule has 1 fully saturated rings. The van der Waals surface area contributed by atoms with Crippen molar-refractivity contribution in [1.29, 1.82) is 0 Å². The largest absolute Gasteiger partial charge is 0.464 e. The van der Waals surface area contributed by atoms with Gasteiger partial charge in [-0.3, -0.25) is 9.91 Å². The van der Waals surface area contributed by atoms with E-state index < -0.39 is 17.7 Å². The summed E-state index contributed by atoms with van der Waals surface area (Å²) >= 11 is 0. The predicted octanol–water partition coefficient (Wildman–Crippen LogP) is -0.286. The molecule has 108 valence electrons. The van der Waals surface area contributed by atoms with Gasteiger partial charge in [0.15, 0.2) is 11.5 Å². The number of rotatable bonds is 1. The Labute approximate surface area is 111 Å². The molecule has 8 nitrogen and oxygen atoms in total. The molecule has 1 aliphatic heterocycles. The molecule has 0 saturated carbocycles. The van der Waals surface area contributed by atoms with Gasteiger partial charge in [-0.2, -0.15) is 0 Å². The lowest BCUT2D eigenvalue weighted by Gasteiger charge is -2.26. The molecule has 1 saturated heterocycles. The number of nitrogens with zero attached hydrogens (tertiary/aromatic N) is 2. The summed E-state index contributed by atoms with van der Waals surface area (Å²) in [6.45, 7) is 5.88.